The van der Waals surface area contributed by atoms with Gasteiger partial charge in [-0.05, 0) is 42.4 Å². The van der Waals surface area contributed by atoms with E-state index in [4.69, 9.17) is 5.73 Å². The molecule has 1 aliphatic carbocycles. The van der Waals surface area contributed by atoms with Gasteiger partial charge in [0.2, 0.25) is 5.91 Å². The molecule has 7 nitrogen and oxygen atoms in total. The molecule has 0 bridgehead atoms. The van der Waals surface area contributed by atoms with Gasteiger partial charge in [0.1, 0.15) is 0 Å². The van der Waals surface area contributed by atoms with Crippen LogP contribution in [0.2, 0.25) is 0 Å². The molecule has 4 N–H and O–H groups in total. The predicted octanol–water partition coefficient (Wildman–Crippen LogP) is 2.25. The van der Waals surface area contributed by atoms with Crippen molar-refractivity contribution in [3.8, 4) is 0 Å². The molecule has 2 aliphatic rings. The van der Waals surface area contributed by atoms with Crippen LogP contribution in [0.1, 0.15) is 54.4 Å². The standard InChI is InChI=1S/C21H31N5O2.HI/c1-23-20(26-12-11-21(15-26)9-3-2-4-10-21)25-13-16-5-7-17(8-6-16)19(28)24-14-18(22)27;/h5-8H,2-4,9-15H2,1H3,(H2,22,27)(H,23,25)(H,24,28);1H. The zero-order valence-electron chi connectivity index (χ0n) is 17.1. The van der Waals surface area contributed by atoms with Crippen molar-refractivity contribution in [1.29, 1.82) is 0 Å². The zero-order valence-corrected chi connectivity index (χ0v) is 19.4. The van der Waals surface area contributed by atoms with Crippen molar-refractivity contribution in [3.05, 3.63) is 35.4 Å². The normalized spacial score (nSPS) is 18.2. The second kappa shape index (κ2) is 10.8. The lowest BCUT2D eigenvalue weighted by Crippen LogP contribution is -2.41. The Labute approximate surface area is 189 Å². The first-order valence-corrected chi connectivity index (χ1v) is 10.1. The summed E-state index contributed by atoms with van der Waals surface area (Å²) in [5.41, 5.74) is 7.12. The highest BCUT2D eigenvalue weighted by molar-refractivity contribution is 14.0. The van der Waals surface area contributed by atoms with E-state index in [-0.39, 0.29) is 36.4 Å². The Morgan fingerprint density at radius 3 is 2.41 bits per heavy atom. The van der Waals surface area contributed by atoms with Crippen LogP contribution in [0.15, 0.2) is 29.3 Å². The number of primary amides is 1. The number of likely N-dealkylation sites (tertiary alicyclic amines) is 1. The smallest absolute Gasteiger partial charge is 0.251 e. The topological polar surface area (TPSA) is 99.8 Å². The Balaban J connectivity index is 0.00000300. The van der Waals surface area contributed by atoms with Crippen LogP contribution >= 0.6 is 24.0 Å². The summed E-state index contributed by atoms with van der Waals surface area (Å²) in [5, 5.41) is 5.94. The van der Waals surface area contributed by atoms with Gasteiger partial charge in [0.15, 0.2) is 5.96 Å². The molecule has 1 aliphatic heterocycles. The van der Waals surface area contributed by atoms with E-state index < -0.39 is 5.91 Å². The van der Waals surface area contributed by atoms with Crippen molar-refractivity contribution >= 4 is 41.8 Å². The highest BCUT2D eigenvalue weighted by Crippen LogP contribution is 2.43. The number of nitrogens with zero attached hydrogens (tertiary/aromatic N) is 2. The Kier molecular flexibility index (Phi) is 8.73. The molecular formula is C21H32IN5O2. The molecule has 0 atom stereocenters. The Morgan fingerprint density at radius 1 is 1.10 bits per heavy atom. The van der Waals surface area contributed by atoms with E-state index in [0.29, 0.717) is 17.5 Å². The van der Waals surface area contributed by atoms with Crippen LogP contribution in [0, 0.1) is 5.41 Å². The summed E-state index contributed by atoms with van der Waals surface area (Å²) >= 11 is 0. The van der Waals surface area contributed by atoms with Crippen molar-refractivity contribution in [1.82, 2.24) is 15.5 Å². The molecule has 3 rings (SSSR count). The van der Waals surface area contributed by atoms with Crippen molar-refractivity contribution in [3.63, 3.8) is 0 Å². The van der Waals surface area contributed by atoms with Gasteiger partial charge in [0.05, 0.1) is 6.54 Å². The number of rotatable bonds is 5. The minimum atomic E-state index is -0.558. The summed E-state index contributed by atoms with van der Waals surface area (Å²) in [4.78, 5) is 29.6. The fraction of sp³-hybridized carbons (Fsp3) is 0.571. The van der Waals surface area contributed by atoms with Gasteiger partial charge in [-0.3, -0.25) is 14.6 Å². The lowest BCUT2D eigenvalue weighted by atomic mass is 9.73. The third-order valence-corrected chi connectivity index (χ3v) is 5.95. The number of carbonyl (C=O) groups is 2. The van der Waals surface area contributed by atoms with E-state index in [1.54, 1.807) is 12.1 Å². The highest BCUT2D eigenvalue weighted by atomic mass is 127. The van der Waals surface area contributed by atoms with Crippen LogP contribution in [0.25, 0.3) is 0 Å². The third-order valence-electron chi connectivity index (χ3n) is 5.95. The SMILES string of the molecule is CN=C(NCc1ccc(C(=O)NCC(N)=O)cc1)N1CCC2(CCCCC2)C1.I. The number of amides is 2. The molecule has 29 heavy (non-hydrogen) atoms. The van der Waals surface area contributed by atoms with Crippen LogP contribution in [0.4, 0.5) is 0 Å². The van der Waals surface area contributed by atoms with E-state index >= 15 is 0 Å². The van der Waals surface area contributed by atoms with Crippen LogP contribution in [-0.2, 0) is 11.3 Å². The number of carbonyl (C=O) groups excluding carboxylic acids is 2. The molecular weight excluding hydrogens is 481 g/mol. The fourth-order valence-electron chi connectivity index (χ4n) is 4.38. The molecule has 1 saturated heterocycles. The molecule has 2 amide bonds. The summed E-state index contributed by atoms with van der Waals surface area (Å²) in [6, 6.07) is 7.32. The highest BCUT2D eigenvalue weighted by Gasteiger charge is 2.39. The van der Waals surface area contributed by atoms with Gasteiger partial charge < -0.3 is 21.3 Å². The van der Waals surface area contributed by atoms with Crippen LogP contribution in [0.3, 0.4) is 0 Å². The fourth-order valence-corrected chi connectivity index (χ4v) is 4.38. The summed E-state index contributed by atoms with van der Waals surface area (Å²) < 4.78 is 0. The first kappa shape index (κ1) is 23.4. The molecule has 1 aromatic rings. The van der Waals surface area contributed by atoms with Crippen LogP contribution < -0.4 is 16.4 Å². The molecule has 160 valence electrons. The number of halogens is 1. The number of guanidine groups is 1. The first-order chi connectivity index (χ1) is 13.5. The summed E-state index contributed by atoms with van der Waals surface area (Å²) in [6.07, 6.45) is 8.06. The molecule has 0 aromatic heterocycles. The van der Waals surface area contributed by atoms with E-state index in [9.17, 15) is 9.59 Å². The van der Waals surface area contributed by atoms with Gasteiger partial charge in [-0.15, -0.1) is 24.0 Å². The van der Waals surface area contributed by atoms with E-state index in [0.717, 1.165) is 24.6 Å². The minimum absolute atomic E-state index is 0. The largest absolute Gasteiger partial charge is 0.368 e. The average Bonchev–Trinajstić information content (AvgIpc) is 3.10. The van der Waals surface area contributed by atoms with Crippen molar-refractivity contribution in [2.24, 2.45) is 16.1 Å². The van der Waals surface area contributed by atoms with E-state index in [1.165, 1.54) is 38.5 Å². The summed E-state index contributed by atoms with van der Waals surface area (Å²) in [6.45, 7) is 2.67. The van der Waals surface area contributed by atoms with E-state index in [2.05, 4.69) is 20.5 Å². The molecule has 8 heteroatoms. The maximum atomic E-state index is 11.9. The Bertz CT molecular complexity index is 729. The Morgan fingerprint density at radius 2 is 1.79 bits per heavy atom. The van der Waals surface area contributed by atoms with E-state index in [1.807, 2.05) is 19.2 Å². The number of aliphatic imine (C=N–C) groups is 1. The summed E-state index contributed by atoms with van der Waals surface area (Å²) in [5.74, 6) is 0.0900. The number of benzene rings is 1. The van der Waals surface area contributed by atoms with Gasteiger partial charge in [0.25, 0.3) is 5.91 Å². The molecule has 1 saturated carbocycles. The lowest BCUT2D eigenvalue weighted by molar-refractivity contribution is -0.117. The molecule has 1 heterocycles. The third kappa shape index (κ3) is 6.32. The van der Waals surface area contributed by atoms with Gasteiger partial charge in [-0.25, -0.2) is 0 Å². The number of nitrogens with two attached hydrogens (primary N) is 1. The van der Waals surface area contributed by atoms with Crippen molar-refractivity contribution < 1.29 is 9.59 Å². The monoisotopic (exact) mass is 513 g/mol. The van der Waals surface area contributed by atoms with Crippen LogP contribution in [-0.4, -0.2) is 49.4 Å². The van der Waals surface area contributed by atoms with Gasteiger partial charge in [-0.1, -0.05) is 31.4 Å². The second-order valence-electron chi connectivity index (χ2n) is 7.98. The lowest BCUT2D eigenvalue weighted by Gasteiger charge is -2.33. The molecule has 2 fully saturated rings. The number of nitrogens with one attached hydrogen (secondary N) is 2. The van der Waals surface area contributed by atoms with Gasteiger partial charge in [0, 0.05) is 32.2 Å². The second-order valence-corrected chi connectivity index (χ2v) is 7.98. The first-order valence-electron chi connectivity index (χ1n) is 10.1. The zero-order chi connectivity index (χ0) is 20.0. The van der Waals surface area contributed by atoms with Crippen molar-refractivity contribution in [2.45, 2.75) is 45.1 Å². The Hall–Kier alpha value is -1.84. The average molecular weight is 513 g/mol. The predicted molar refractivity (Wildman–Crippen MR) is 125 cm³/mol. The maximum absolute atomic E-state index is 11.9. The van der Waals surface area contributed by atoms with Gasteiger partial charge in [-0.2, -0.15) is 0 Å². The molecule has 1 spiro atoms. The van der Waals surface area contributed by atoms with Crippen LogP contribution in [0.5, 0.6) is 0 Å². The minimum Gasteiger partial charge on any atom is -0.368 e. The molecule has 0 radical (unpaired) electrons. The number of hydrogen-bond donors (Lipinski definition) is 3. The maximum Gasteiger partial charge on any atom is 0.251 e. The number of hydrogen-bond acceptors (Lipinski definition) is 3. The quantitative estimate of drug-likeness (QED) is 0.320. The molecule has 1 aromatic carbocycles. The molecule has 0 unspecified atom stereocenters. The summed E-state index contributed by atoms with van der Waals surface area (Å²) in [7, 11) is 1.83. The van der Waals surface area contributed by atoms with Gasteiger partial charge >= 0.3 is 0 Å². The van der Waals surface area contributed by atoms with Crippen molar-refractivity contribution in [2.75, 3.05) is 26.7 Å².